The molecule has 106 valence electrons. The fourth-order valence-corrected chi connectivity index (χ4v) is 2.87. The Morgan fingerprint density at radius 1 is 1.42 bits per heavy atom. The molecule has 2 rings (SSSR count). The minimum absolute atomic E-state index is 0.110. The van der Waals surface area contributed by atoms with Crippen LogP contribution in [0.2, 0.25) is 0 Å². The molecule has 1 aliphatic heterocycles. The summed E-state index contributed by atoms with van der Waals surface area (Å²) in [5.41, 5.74) is 1.25. The zero-order valence-electron chi connectivity index (χ0n) is 12.2. The van der Waals surface area contributed by atoms with Crippen LogP contribution in [0.1, 0.15) is 44.3 Å². The molecule has 0 aliphatic carbocycles. The summed E-state index contributed by atoms with van der Waals surface area (Å²) in [5, 5.41) is 3.06. The van der Waals surface area contributed by atoms with Gasteiger partial charge in [0.2, 0.25) is 5.91 Å². The molecular formula is C15H25N3O. The van der Waals surface area contributed by atoms with E-state index in [-0.39, 0.29) is 18.0 Å². The van der Waals surface area contributed by atoms with Gasteiger partial charge in [-0.3, -0.25) is 4.79 Å². The van der Waals surface area contributed by atoms with Crippen molar-refractivity contribution in [1.29, 1.82) is 0 Å². The summed E-state index contributed by atoms with van der Waals surface area (Å²) < 4.78 is 2.14. The van der Waals surface area contributed by atoms with Crippen molar-refractivity contribution >= 4 is 5.91 Å². The zero-order chi connectivity index (χ0) is 13.8. The Labute approximate surface area is 115 Å². The van der Waals surface area contributed by atoms with Crippen molar-refractivity contribution in [2.45, 2.75) is 44.7 Å². The molecule has 1 fully saturated rings. The Kier molecular flexibility index (Phi) is 4.64. The minimum atomic E-state index is -0.110. The second-order valence-electron chi connectivity index (χ2n) is 5.45. The minimum Gasteiger partial charge on any atom is -0.353 e. The molecule has 0 radical (unpaired) electrons. The Bertz CT molecular complexity index is 427. The average molecular weight is 263 g/mol. The number of hydrogen-bond donors (Lipinski definition) is 1. The van der Waals surface area contributed by atoms with E-state index < -0.39 is 0 Å². The number of likely N-dealkylation sites (tertiary alicyclic amines) is 1. The van der Waals surface area contributed by atoms with E-state index in [0.717, 1.165) is 19.4 Å². The topological polar surface area (TPSA) is 37.3 Å². The molecule has 1 aromatic rings. The van der Waals surface area contributed by atoms with Crippen LogP contribution in [0.3, 0.4) is 0 Å². The second-order valence-corrected chi connectivity index (χ2v) is 5.45. The summed E-state index contributed by atoms with van der Waals surface area (Å²) in [5.74, 6) is 0.218. The number of carbonyl (C=O) groups is 1. The number of rotatable bonds is 3. The molecule has 0 bridgehead atoms. The lowest BCUT2D eigenvalue weighted by atomic mass is 10.1. The molecule has 2 unspecified atom stereocenters. The first kappa shape index (κ1) is 14.1. The van der Waals surface area contributed by atoms with Crippen LogP contribution in [0.4, 0.5) is 0 Å². The largest absolute Gasteiger partial charge is 0.353 e. The summed E-state index contributed by atoms with van der Waals surface area (Å²) in [4.78, 5) is 14.6. The third-order valence-electron chi connectivity index (χ3n) is 4.16. The zero-order valence-corrected chi connectivity index (χ0v) is 12.2. The maximum atomic E-state index is 12.6. The molecule has 2 heterocycles. The Morgan fingerprint density at radius 2 is 2.21 bits per heavy atom. The number of nitrogens with zero attached hydrogens (tertiary/aromatic N) is 2. The van der Waals surface area contributed by atoms with Crippen LogP contribution < -0.4 is 5.32 Å². The van der Waals surface area contributed by atoms with Gasteiger partial charge in [-0.25, -0.2) is 0 Å². The van der Waals surface area contributed by atoms with Gasteiger partial charge in [-0.15, -0.1) is 0 Å². The van der Waals surface area contributed by atoms with Crippen molar-refractivity contribution in [3.63, 3.8) is 0 Å². The van der Waals surface area contributed by atoms with Gasteiger partial charge < -0.3 is 14.8 Å². The van der Waals surface area contributed by atoms with Crippen LogP contribution in [0.5, 0.6) is 0 Å². The summed E-state index contributed by atoms with van der Waals surface area (Å²) in [6.45, 7) is 2.82. The van der Waals surface area contributed by atoms with Gasteiger partial charge in [0.1, 0.15) is 0 Å². The van der Waals surface area contributed by atoms with Crippen LogP contribution in [0.15, 0.2) is 18.3 Å². The number of nitrogens with one attached hydrogen (secondary N) is 1. The Balaban J connectivity index is 2.26. The number of likely N-dealkylation sites (N-methyl/N-ethyl adjacent to an activating group) is 1. The van der Waals surface area contributed by atoms with Crippen LogP contribution in [-0.4, -0.2) is 35.0 Å². The van der Waals surface area contributed by atoms with Gasteiger partial charge in [0.15, 0.2) is 0 Å². The van der Waals surface area contributed by atoms with Crippen molar-refractivity contribution in [3.05, 3.63) is 24.0 Å². The fraction of sp³-hybridized carbons (Fsp3) is 0.667. The highest BCUT2D eigenvalue weighted by Gasteiger charge is 2.30. The quantitative estimate of drug-likeness (QED) is 0.906. The number of aryl methyl sites for hydroxylation is 1. The summed E-state index contributed by atoms with van der Waals surface area (Å²) in [7, 11) is 3.91. The third-order valence-corrected chi connectivity index (χ3v) is 4.16. The second kappa shape index (κ2) is 6.24. The van der Waals surface area contributed by atoms with Gasteiger partial charge in [0, 0.05) is 25.5 Å². The summed E-state index contributed by atoms with van der Waals surface area (Å²) in [6, 6.07) is 4.32. The highest BCUT2D eigenvalue weighted by atomic mass is 16.2. The van der Waals surface area contributed by atoms with E-state index in [0.29, 0.717) is 0 Å². The molecule has 1 aromatic heterocycles. The highest BCUT2D eigenvalue weighted by molar-refractivity contribution is 5.81. The van der Waals surface area contributed by atoms with Crippen molar-refractivity contribution < 1.29 is 4.79 Å². The maximum Gasteiger partial charge on any atom is 0.239 e. The van der Waals surface area contributed by atoms with Crippen molar-refractivity contribution in [2.75, 3.05) is 13.6 Å². The molecule has 0 saturated carbocycles. The normalized spacial score (nSPS) is 22.1. The van der Waals surface area contributed by atoms with Gasteiger partial charge in [0.05, 0.1) is 12.1 Å². The van der Waals surface area contributed by atoms with E-state index in [1.807, 2.05) is 14.0 Å². The van der Waals surface area contributed by atoms with E-state index in [1.54, 1.807) is 0 Å². The van der Waals surface area contributed by atoms with Gasteiger partial charge in [-0.2, -0.15) is 0 Å². The van der Waals surface area contributed by atoms with Crippen LogP contribution >= 0.6 is 0 Å². The first-order valence-electron chi connectivity index (χ1n) is 7.24. The molecule has 1 aliphatic rings. The van der Waals surface area contributed by atoms with Crippen molar-refractivity contribution in [3.8, 4) is 0 Å². The first-order chi connectivity index (χ1) is 9.15. The number of carbonyl (C=O) groups excluding carboxylic acids is 1. The standard InChI is InChI=1S/C15H25N3O/c1-12(16-2)15(19)18-11-6-4-5-8-14(18)13-9-7-10-17(13)3/h7,9-10,12,14,16H,4-6,8,11H2,1-3H3. The first-order valence-corrected chi connectivity index (χ1v) is 7.24. The van der Waals surface area contributed by atoms with E-state index >= 15 is 0 Å². The van der Waals surface area contributed by atoms with E-state index in [9.17, 15) is 4.79 Å². The van der Waals surface area contributed by atoms with Gasteiger partial charge >= 0.3 is 0 Å². The predicted molar refractivity (Wildman–Crippen MR) is 76.9 cm³/mol. The Hall–Kier alpha value is -1.29. The van der Waals surface area contributed by atoms with E-state index in [4.69, 9.17) is 0 Å². The van der Waals surface area contributed by atoms with Gasteiger partial charge in [-0.1, -0.05) is 12.8 Å². The molecule has 1 amide bonds. The highest BCUT2D eigenvalue weighted by Crippen LogP contribution is 2.30. The SMILES string of the molecule is CNC(C)C(=O)N1CCCCCC1c1cccn1C. The molecule has 2 atom stereocenters. The van der Waals surface area contributed by atoms with Gasteiger partial charge in [-0.05, 0) is 38.9 Å². The predicted octanol–water partition coefficient (Wildman–Crippen LogP) is 2.08. The third kappa shape index (κ3) is 3.00. The lowest BCUT2D eigenvalue weighted by Crippen LogP contribution is -2.45. The number of aromatic nitrogens is 1. The monoisotopic (exact) mass is 263 g/mol. The smallest absolute Gasteiger partial charge is 0.239 e. The van der Waals surface area contributed by atoms with E-state index in [2.05, 4.69) is 40.2 Å². The maximum absolute atomic E-state index is 12.6. The number of amides is 1. The van der Waals surface area contributed by atoms with Crippen molar-refractivity contribution in [2.24, 2.45) is 7.05 Å². The molecular weight excluding hydrogens is 238 g/mol. The fourth-order valence-electron chi connectivity index (χ4n) is 2.87. The molecule has 0 aromatic carbocycles. The Morgan fingerprint density at radius 3 is 2.84 bits per heavy atom. The molecule has 1 saturated heterocycles. The lowest BCUT2D eigenvalue weighted by Gasteiger charge is -2.32. The lowest BCUT2D eigenvalue weighted by molar-refractivity contribution is -0.135. The van der Waals surface area contributed by atoms with Gasteiger partial charge in [0.25, 0.3) is 0 Å². The van der Waals surface area contributed by atoms with Crippen molar-refractivity contribution in [1.82, 2.24) is 14.8 Å². The summed E-state index contributed by atoms with van der Waals surface area (Å²) >= 11 is 0. The van der Waals surface area contributed by atoms with E-state index in [1.165, 1.54) is 18.5 Å². The molecule has 19 heavy (non-hydrogen) atoms. The van der Waals surface area contributed by atoms with Crippen LogP contribution in [0.25, 0.3) is 0 Å². The molecule has 0 spiro atoms. The van der Waals surface area contributed by atoms with Crippen LogP contribution in [-0.2, 0) is 11.8 Å². The molecule has 4 heteroatoms. The summed E-state index contributed by atoms with van der Waals surface area (Å²) in [6.07, 6.45) is 6.67. The molecule has 4 nitrogen and oxygen atoms in total. The molecule has 1 N–H and O–H groups in total. The van der Waals surface area contributed by atoms with Crippen LogP contribution in [0, 0.1) is 0 Å². The number of hydrogen-bond acceptors (Lipinski definition) is 2. The average Bonchev–Trinajstić information content (AvgIpc) is 2.70.